The van der Waals surface area contributed by atoms with Gasteiger partial charge in [0, 0.05) is 43.0 Å². The Morgan fingerprint density at radius 3 is 2.00 bits per heavy atom. The lowest BCUT2D eigenvalue weighted by atomic mass is 10.1. The Balaban J connectivity index is 1.37. The maximum Gasteiger partial charge on any atom is 0.265 e. The lowest BCUT2D eigenvalue weighted by Gasteiger charge is -2.35. The third kappa shape index (κ3) is 4.41. The fourth-order valence-corrected chi connectivity index (χ4v) is 4.01. The molecule has 4 rings (SSSR count). The predicted molar refractivity (Wildman–Crippen MR) is 117 cm³/mol. The molecule has 1 saturated heterocycles. The highest BCUT2D eigenvalue weighted by molar-refractivity contribution is 7.12. The van der Waals surface area contributed by atoms with E-state index in [-0.39, 0.29) is 17.7 Å². The van der Waals surface area contributed by atoms with Crippen molar-refractivity contribution in [2.75, 3.05) is 31.5 Å². The molecule has 0 aliphatic carbocycles. The van der Waals surface area contributed by atoms with Gasteiger partial charge in [-0.2, -0.15) is 0 Å². The molecule has 0 saturated carbocycles. The molecule has 1 aliphatic rings. The van der Waals surface area contributed by atoms with E-state index in [9.17, 15) is 14.4 Å². The van der Waals surface area contributed by atoms with Crippen molar-refractivity contribution < 1.29 is 14.4 Å². The zero-order chi connectivity index (χ0) is 20.9. The van der Waals surface area contributed by atoms with Gasteiger partial charge in [0.05, 0.1) is 4.88 Å². The topological polar surface area (TPSA) is 69.7 Å². The van der Waals surface area contributed by atoms with E-state index in [4.69, 9.17) is 0 Å². The van der Waals surface area contributed by atoms with Crippen molar-refractivity contribution in [3.63, 3.8) is 0 Å². The summed E-state index contributed by atoms with van der Waals surface area (Å²) in [6, 6.07) is 19.7. The van der Waals surface area contributed by atoms with Crippen LogP contribution in [0, 0.1) is 0 Å². The van der Waals surface area contributed by atoms with Crippen molar-refractivity contribution in [2.24, 2.45) is 0 Å². The van der Waals surface area contributed by atoms with Gasteiger partial charge in [0.25, 0.3) is 17.7 Å². The summed E-state index contributed by atoms with van der Waals surface area (Å²) in [7, 11) is 0. The summed E-state index contributed by atoms with van der Waals surface area (Å²) >= 11 is 1.36. The highest BCUT2D eigenvalue weighted by Gasteiger charge is 2.25. The van der Waals surface area contributed by atoms with E-state index in [1.54, 1.807) is 52.3 Å². The number of benzene rings is 2. The maximum atomic E-state index is 12.9. The second-order valence-corrected chi connectivity index (χ2v) is 7.91. The molecular formula is C23H21N3O3S. The number of carbonyl (C=O) groups excluding carboxylic acids is 3. The molecule has 2 aromatic carbocycles. The first-order valence-corrected chi connectivity index (χ1v) is 10.6. The standard InChI is InChI=1S/C23H21N3O3S/c27-21(20-10-5-15-30-20)24-19-9-4-8-18(16-19)23(29)26-13-11-25(12-14-26)22(28)17-6-2-1-3-7-17/h1-10,15-16H,11-14H2,(H,24,27). The summed E-state index contributed by atoms with van der Waals surface area (Å²) < 4.78 is 0. The van der Waals surface area contributed by atoms with E-state index in [0.29, 0.717) is 47.9 Å². The van der Waals surface area contributed by atoms with Crippen molar-refractivity contribution in [1.29, 1.82) is 0 Å². The third-order valence-corrected chi connectivity index (χ3v) is 5.86. The van der Waals surface area contributed by atoms with Crippen molar-refractivity contribution in [3.05, 3.63) is 88.1 Å². The number of nitrogens with one attached hydrogen (secondary N) is 1. The molecule has 2 heterocycles. The van der Waals surface area contributed by atoms with Crippen LogP contribution in [0.3, 0.4) is 0 Å². The van der Waals surface area contributed by atoms with Gasteiger partial charge in [0.2, 0.25) is 0 Å². The van der Waals surface area contributed by atoms with Crippen molar-refractivity contribution >= 4 is 34.7 Å². The third-order valence-electron chi connectivity index (χ3n) is 4.99. The van der Waals surface area contributed by atoms with Crippen LogP contribution in [0.15, 0.2) is 72.1 Å². The Hall–Kier alpha value is -3.45. The van der Waals surface area contributed by atoms with Gasteiger partial charge in [0.1, 0.15) is 0 Å². The summed E-state index contributed by atoms with van der Waals surface area (Å²) in [5, 5.41) is 4.67. The molecule has 152 valence electrons. The first-order chi connectivity index (χ1) is 14.6. The zero-order valence-corrected chi connectivity index (χ0v) is 17.1. The Labute approximate surface area is 178 Å². The van der Waals surface area contributed by atoms with E-state index >= 15 is 0 Å². The number of rotatable bonds is 4. The molecule has 0 radical (unpaired) electrons. The average molecular weight is 420 g/mol. The Bertz CT molecular complexity index is 1040. The summed E-state index contributed by atoms with van der Waals surface area (Å²) in [4.78, 5) is 41.9. The van der Waals surface area contributed by atoms with Crippen LogP contribution in [0.25, 0.3) is 0 Å². The number of carbonyl (C=O) groups is 3. The summed E-state index contributed by atoms with van der Waals surface area (Å²) in [6.45, 7) is 1.94. The van der Waals surface area contributed by atoms with Gasteiger partial charge >= 0.3 is 0 Å². The van der Waals surface area contributed by atoms with Crippen molar-refractivity contribution in [1.82, 2.24) is 9.80 Å². The molecule has 7 heteroatoms. The number of piperazine rings is 1. The lowest BCUT2D eigenvalue weighted by Crippen LogP contribution is -2.50. The highest BCUT2D eigenvalue weighted by Crippen LogP contribution is 2.17. The summed E-state index contributed by atoms with van der Waals surface area (Å²) in [5.41, 5.74) is 1.76. The van der Waals surface area contributed by atoms with Crippen LogP contribution >= 0.6 is 11.3 Å². The van der Waals surface area contributed by atoms with Gasteiger partial charge in [-0.05, 0) is 41.8 Å². The molecule has 6 nitrogen and oxygen atoms in total. The van der Waals surface area contributed by atoms with Crippen LogP contribution in [0.2, 0.25) is 0 Å². The molecule has 3 amide bonds. The largest absolute Gasteiger partial charge is 0.335 e. The van der Waals surface area contributed by atoms with Gasteiger partial charge in [-0.1, -0.05) is 30.3 Å². The summed E-state index contributed by atoms with van der Waals surface area (Å²) in [6.07, 6.45) is 0. The predicted octanol–water partition coefficient (Wildman–Crippen LogP) is 3.60. The van der Waals surface area contributed by atoms with Gasteiger partial charge in [-0.25, -0.2) is 0 Å². The first-order valence-electron chi connectivity index (χ1n) is 9.70. The lowest BCUT2D eigenvalue weighted by molar-refractivity contribution is 0.0535. The molecule has 3 aromatic rings. The maximum absolute atomic E-state index is 12.9. The number of anilines is 1. The smallest absolute Gasteiger partial charge is 0.265 e. The number of nitrogens with zero attached hydrogens (tertiary/aromatic N) is 2. The van der Waals surface area contributed by atoms with E-state index in [0.717, 1.165) is 0 Å². The van der Waals surface area contributed by atoms with Crippen LogP contribution in [-0.2, 0) is 0 Å². The zero-order valence-electron chi connectivity index (χ0n) is 16.3. The Kier molecular flexibility index (Phi) is 5.90. The molecule has 0 atom stereocenters. The number of thiophene rings is 1. The molecule has 30 heavy (non-hydrogen) atoms. The van der Waals surface area contributed by atoms with Crippen molar-refractivity contribution in [3.8, 4) is 0 Å². The average Bonchev–Trinajstić information content (AvgIpc) is 3.34. The Morgan fingerprint density at radius 1 is 0.733 bits per heavy atom. The van der Waals surface area contributed by atoms with Crippen LogP contribution in [0.1, 0.15) is 30.4 Å². The van der Waals surface area contributed by atoms with Crippen LogP contribution in [0.5, 0.6) is 0 Å². The molecule has 1 aliphatic heterocycles. The second kappa shape index (κ2) is 8.92. The molecule has 0 bridgehead atoms. The number of hydrogen-bond acceptors (Lipinski definition) is 4. The van der Waals surface area contributed by atoms with E-state index < -0.39 is 0 Å². The number of amides is 3. The minimum Gasteiger partial charge on any atom is -0.335 e. The van der Waals surface area contributed by atoms with Crippen molar-refractivity contribution in [2.45, 2.75) is 0 Å². The fourth-order valence-electron chi connectivity index (χ4n) is 3.39. The minimum atomic E-state index is -0.192. The van der Waals surface area contributed by atoms with Crippen LogP contribution in [0.4, 0.5) is 5.69 Å². The monoisotopic (exact) mass is 419 g/mol. The van der Waals surface area contributed by atoms with E-state index in [1.165, 1.54) is 11.3 Å². The molecular weight excluding hydrogens is 398 g/mol. The quantitative estimate of drug-likeness (QED) is 0.703. The van der Waals surface area contributed by atoms with E-state index in [2.05, 4.69) is 5.32 Å². The van der Waals surface area contributed by atoms with Gasteiger partial charge in [-0.15, -0.1) is 11.3 Å². The second-order valence-electron chi connectivity index (χ2n) is 6.96. The van der Waals surface area contributed by atoms with Gasteiger partial charge in [0.15, 0.2) is 0 Å². The highest BCUT2D eigenvalue weighted by atomic mass is 32.1. The summed E-state index contributed by atoms with van der Waals surface area (Å²) in [5.74, 6) is -0.308. The molecule has 1 N–H and O–H groups in total. The first kappa shape index (κ1) is 19.8. The fraction of sp³-hybridized carbons (Fsp3) is 0.174. The number of hydrogen-bond donors (Lipinski definition) is 1. The normalized spacial score (nSPS) is 13.7. The molecule has 0 spiro atoms. The van der Waals surface area contributed by atoms with E-state index in [1.807, 2.05) is 29.6 Å². The molecule has 1 fully saturated rings. The minimum absolute atomic E-state index is 0.0130. The Morgan fingerprint density at radius 2 is 1.37 bits per heavy atom. The van der Waals surface area contributed by atoms with Gasteiger partial charge < -0.3 is 15.1 Å². The van der Waals surface area contributed by atoms with Crippen LogP contribution in [-0.4, -0.2) is 53.7 Å². The van der Waals surface area contributed by atoms with Gasteiger partial charge in [-0.3, -0.25) is 14.4 Å². The molecule has 0 unspecified atom stereocenters. The SMILES string of the molecule is O=C(Nc1cccc(C(=O)N2CCN(C(=O)c3ccccc3)CC2)c1)c1cccs1. The molecule has 1 aromatic heterocycles. The van der Waals surface area contributed by atoms with Crippen LogP contribution < -0.4 is 5.32 Å².